The Kier molecular flexibility index (Phi) is 38.3. The number of ether oxygens (including phenoxy) is 2. The summed E-state index contributed by atoms with van der Waals surface area (Å²) in [5.74, 6) is 1.23. The van der Waals surface area contributed by atoms with Gasteiger partial charge in [-0.15, -0.1) is 0 Å². The summed E-state index contributed by atoms with van der Waals surface area (Å²) in [5.41, 5.74) is 0. The summed E-state index contributed by atoms with van der Waals surface area (Å²) in [6.07, 6.45) is 41.6. The van der Waals surface area contributed by atoms with Crippen molar-refractivity contribution in [2.45, 2.75) is 252 Å². The summed E-state index contributed by atoms with van der Waals surface area (Å²) in [5, 5.41) is 9.59. The molecule has 50 heavy (non-hydrogen) atoms. The van der Waals surface area contributed by atoms with E-state index in [1.165, 1.54) is 173 Å². The summed E-state index contributed by atoms with van der Waals surface area (Å²) < 4.78 is 10.7. The largest absolute Gasteiger partial charge is 0.462 e. The molecule has 3 atom stereocenters. The first-order valence-corrected chi connectivity index (χ1v) is 22.4. The van der Waals surface area contributed by atoms with Crippen LogP contribution in [0.5, 0.6) is 0 Å². The van der Waals surface area contributed by atoms with Crippen molar-refractivity contribution in [1.29, 1.82) is 0 Å². The van der Waals surface area contributed by atoms with E-state index >= 15 is 0 Å². The molecule has 0 aromatic carbocycles. The summed E-state index contributed by atoms with van der Waals surface area (Å²) in [6, 6.07) is 0. The third-order valence-corrected chi connectivity index (χ3v) is 11.0. The second kappa shape index (κ2) is 39.1. The molecule has 0 rings (SSSR count). The monoisotopic (exact) mass is 709 g/mol. The van der Waals surface area contributed by atoms with Crippen LogP contribution in [0.25, 0.3) is 0 Å². The molecule has 2 unspecified atom stereocenters. The normalized spacial score (nSPS) is 13.3. The van der Waals surface area contributed by atoms with Crippen LogP contribution in [-0.4, -0.2) is 36.4 Å². The highest BCUT2D eigenvalue weighted by atomic mass is 16.6. The second-order valence-corrected chi connectivity index (χ2v) is 16.0. The summed E-state index contributed by atoms with van der Waals surface area (Å²) in [4.78, 5) is 24.3. The first kappa shape index (κ1) is 48.9. The van der Waals surface area contributed by atoms with Gasteiger partial charge in [0.1, 0.15) is 6.61 Å². The van der Waals surface area contributed by atoms with Gasteiger partial charge in [-0.05, 0) is 24.7 Å². The van der Waals surface area contributed by atoms with Crippen molar-refractivity contribution >= 4 is 11.9 Å². The molecule has 1 N–H and O–H groups in total. The lowest BCUT2D eigenvalue weighted by Crippen LogP contribution is -2.28. The van der Waals surface area contributed by atoms with Gasteiger partial charge in [-0.25, -0.2) is 0 Å². The van der Waals surface area contributed by atoms with E-state index in [-0.39, 0.29) is 25.2 Å². The summed E-state index contributed by atoms with van der Waals surface area (Å²) >= 11 is 0. The van der Waals surface area contributed by atoms with E-state index in [1.54, 1.807) is 0 Å². The van der Waals surface area contributed by atoms with Gasteiger partial charge in [0.15, 0.2) is 6.10 Å². The standard InChI is InChI=1S/C45H88O5/c1-5-41(3)35-31-27-23-19-15-11-7-9-13-17-21-25-29-33-37-44(47)49-40-43(39-46)50-45(48)38-34-30-26-22-18-14-10-8-12-16-20-24-28-32-36-42(4)6-2/h41-43,46H,5-40H2,1-4H3/t41?,42?,43-/m0/s1. The molecule has 5 nitrogen and oxygen atoms in total. The Morgan fingerprint density at radius 2 is 0.720 bits per heavy atom. The van der Waals surface area contributed by atoms with Gasteiger partial charge in [-0.2, -0.15) is 0 Å². The Morgan fingerprint density at radius 3 is 1.02 bits per heavy atom. The molecule has 0 saturated carbocycles. The maximum atomic E-state index is 12.2. The van der Waals surface area contributed by atoms with Gasteiger partial charge in [0.05, 0.1) is 6.61 Å². The molecule has 0 spiro atoms. The van der Waals surface area contributed by atoms with E-state index in [9.17, 15) is 14.7 Å². The van der Waals surface area contributed by atoms with Crippen molar-refractivity contribution in [3.63, 3.8) is 0 Å². The zero-order valence-corrected chi connectivity index (χ0v) is 34.3. The van der Waals surface area contributed by atoms with Gasteiger partial charge < -0.3 is 14.6 Å². The highest BCUT2D eigenvalue weighted by Gasteiger charge is 2.16. The molecule has 0 amide bonds. The molecule has 0 aromatic heterocycles. The number of aliphatic hydroxyl groups excluding tert-OH is 1. The molecule has 0 bridgehead atoms. The minimum absolute atomic E-state index is 0.0578. The van der Waals surface area contributed by atoms with E-state index < -0.39 is 6.10 Å². The zero-order chi connectivity index (χ0) is 36.8. The van der Waals surface area contributed by atoms with Crippen LogP contribution in [0.4, 0.5) is 0 Å². The number of carbonyl (C=O) groups excluding carboxylic acids is 2. The quantitative estimate of drug-likeness (QED) is 0.0507. The molecule has 0 radical (unpaired) electrons. The number of hydrogen-bond acceptors (Lipinski definition) is 5. The van der Waals surface area contributed by atoms with E-state index in [4.69, 9.17) is 9.47 Å². The van der Waals surface area contributed by atoms with Gasteiger partial charge in [0.2, 0.25) is 0 Å². The van der Waals surface area contributed by atoms with E-state index in [1.807, 2.05) is 0 Å². The van der Waals surface area contributed by atoms with Gasteiger partial charge in [0, 0.05) is 12.8 Å². The van der Waals surface area contributed by atoms with Gasteiger partial charge >= 0.3 is 11.9 Å². The van der Waals surface area contributed by atoms with Gasteiger partial charge in [-0.3, -0.25) is 9.59 Å². The number of aliphatic hydroxyl groups is 1. The van der Waals surface area contributed by atoms with Crippen molar-refractivity contribution in [1.82, 2.24) is 0 Å². The number of hydrogen-bond donors (Lipinski definition) is 1. The second-order valence-electron chi connectivity index (χ2n) is 16.0. The minimum Gasteiger partial charge on any atom is -0.462 e. The van der Waals surface area contributed by atoms with E-state index in [0.717, 1.165) is 43.9 Å². The third kappa shape index (κ3) is 36.7. The van der Waals surface area contributed by atoms with Crippen molar-refractivity contribution < 1.29 is 24.2 Å². The average molecular weight is 709 g/mol. The van der Waals surface area contributed by atoms with Crippen LogP contribution < -0.4 is 0 Å². The first-order valence-electron chi connectivity index (χ1n) is 22.4. The number of rotatable bonds is 40. The molecular formula is C45H88O5. The van der Waals surface area contributed by atoms with Crippen molar-refractivity contribution in [2.24, 2.45) is 11.8 Å². The Balaban J connectivity index is 3.48. The molecule has 0 saturated heterocycles. The summed E-state index contributed by atoms with van der Waals surface area (Å²) in [7, 11) is 0. The SMILES string of the molecule is CCC(C)CCCCCCCCCCCCCCCCC(=O)OC[C@H](CO)OC(=O)CCCCCCCCCCCCCCCCC(C)CC. The summed E-state index contributed by atoms with van der Waals surface area (Å²) in [6.45, 7) is 8.96. The Morgan fingerprint density at radius 1 is 0.440 bits per heavy atom. The van der Waals surface area contributed by atoms with E-state index in [0.29, 0.717) is 12.8 Å². The molecule has 0 aliphatic rings. The van der Waals surface area contributed by atoms with Crippen LogP contribution in [0.3, 0.4) is 0 Å². The zero-order valence-electron chi connectivity index (χ0n) is 34.3. The molecule has 298 valence electrons. The fourth-order valence-corrected chi connectivity index (χ4v) is 6.80. The molecule has 0 aliphatic heterocycles. The number of esters is 2. The molecule has 0 aliphatic carbocycles. The van der Waals surface area contributed by atoms with Gasteiger partial charge in [0.25, 0.3) is 0 Å². The Labute approximate surface area is 312 Å². The predicted octanol–water partition coefficient (Wildman–Crippen LogP) is 14.0. The first-order chi connectivity index (χ1) is 24.4. The van der Waals surface area contributed by atoms with Crippen molar-refractivity contribution in [3.8, 4) is 0 Å². The van der Waals surface area contributed by atoms with Crippen LogP contribution in [-0.2, 0) is 19.1 Å². The predicted molar refractivity (Wildman–Crippen MR) is 215 cm³/mol. The lowest BCUT2D eigenvalue weighted by atomic mass is 9.99. The molecular weight excluding hydrogens is 620 g/mol. The minimum atomic E-state index is -0.763. The lowest BCUT2D eigenvalue weighted by molar-refractivity contribution is -0.161. The highest BCUT2D eigenvalue weighted by Crippen LogP contribution is 2.18. The lowest BCUT2D eigenvalue weighted by Gasteiger charge is -2.15. The van der Waals surface area contributed by atoms with Crippen LogP contribution >= 0.6 is 0 Å². The number of unbranched alkanes of at least 4 members (excludes halogenated alkanes) is 26. The smallest absolute Gasteiger partial charge is 0.306 e. The Bertz CT molecular complexity index is 710. The van der Waals surface area contributed by atoms with Crippen molar-refractivity contribution in [2.75, 3.05) is 13.2 Å². The average Bonchev–Trinajstić information content (AvgIpc) is 3.12. The molecule has 5 heteroatoms. The maximum absolute atomic E-state index is 12.2. The van der Waals surface area contributed by atoms with Crippen LogP contribution in [0.15, 0.2) is 0 Å². The Hall–Kier alpha value is -1.10. The molecule has 0 fully saturated rings. The topological polar surface area (TPSA) is 72.8 Å². The third-order valence-electron chi connectivity index (χ3n) is 11.0. The van der Waals surface area contributed by atoms with Gasteiger partial charge in [-0.1, -0.05) is 220 Å². The van der Waals surface area contributed by atoms with Crippen molar-refractivity contribution in [3.05, 3.63) is 0 Å². The van der Waals surface area contributed by atoms with Crippen LogP contribution in [0.1, 0.15) is 246 Å². The van der Waals surface area contributed by atoms with Crippen LogP contribution in [0, 0.1) is 11.8 Å². The number of carbonyl (C=O) groups is 2. The molecule has 0 heterocycles. The highest BCUT2D eigenvalue weighted by molar-refractivity contribution is 5.70. The van der Waals surface area contributed by atoms with Crippen LogP contribution in [0.2, 0.25) is 0 Å². The molecule has 0 aromatic rings. The fraction of sp³-hybridized carbons (Fsp3) is 0.956. The van der Waals surface area contributed by atoms with E-state index in [2.05, 4.69) is 27.7 Å². The fourth-order valence-electron chi connectivity index (χ4n) is 6.80. The maximum Gasteiger partial charge on any atom is 0.306 e.